The monoisotopic (exact) mass is 213 g/mol. The molecule has 80 valence electrons. The molecule has 0 fully saturated rings. The van der Waals surface area contributed by atoms with Crippen molar-refractivity contribution in [2.75, 3.05) is 11.9 Å². The van der Waals surface area contributed by atoms with Crippen LogP contribution in [0.2, 0.25) is 0 Å². The molecule has 14 heavy (non-hydrogen) atoms. The third-order valence-electron chi connectivity index (χ3n) is 2.51. The van der Waals surface area contributed by atoms with Gasteiger partial charge in [-0.1, -0.05) is 6.92 Å². The van der Waals surface area contributed by atoms with Crippen molar-refractivity contribution in [3.63, 3.8) is 0 Å². The molecule has 0 saturated heterocycles. The van der Waals surface area contributed by atoms with Crippen LogP contribution in [0, 0.1) is 0 Å². The van der Waals surface area contributed by atoms with Crippen LogP contribution in [-0.2, 0) is 0 Å². The molecule has 1 rings (SSSR count). The summed E-state index contributed by atoms with van der Waals surface area (Å²) < 4.78 is 0. The van der Waals surface area contributed by atoms with Crippen molar-refractivity contribution >= 4 is 16.5 Å². The highest BCUT2D eigenvalue weighted by molar-refractivity contribution is 7.15. The summed E-state index contributed by atoms with van der Waals surface area (Å²) in [6.45, 7) is 6.37. The maximum Gasteiger partial charge on any atom is 0.185 e. The van der Waals surface area contributed by atoms with E-state index in [0.29, 0.717) is 6.04 Å². The van der Waals surface area contributed by atoms with Gasteiger partial charge in [0, 0.05) is 30.2 Å². The van der Waals surface area contributed by atoms with Gasteiger partial charge in [0.2, 0.25) is 0 Å². The van der Waals surface area contributed by atoms with E-state index in [1.54, 1.807) is 11.3 Å². The fraction of sp³-hybridized carbons (Fsp3) is 0.700. The summed E-state index contributed by atoms with van der Waals surface area (Å²) in [5, 5.41) is 1.06. The molecule has 2 unspecified atom stereocenters. The lowest BCUT2D eigenvalue weighted by atomic mass is 10.2. The molecule has 1 aromatic heterocycles. The summed E-state index contributed by atoms with van der Waals surface area (Å²) in [5.41, 5.74) is 5.79. The molecule has 0 radical (unpaired) electrons. The molecule has 1 heterocycles. The van der Waals surface area contributed by atoms with E-state index in [4.69, 9.17) is 5.73 Å². The van der Waals surface area contributed by atoms with Gasteiger partial charge in [-0.25, -0.2) is 4.98 Å². The summed E-state index contributed by atoms with van der Waals surface area (Å²) in [4.78, 5) is 7.72. The molecular weight excluding hydrogens is 194 g/mol. The predicted molar refractivity (Wildman–Crippen MR) is 62.9 cm³/mol. The number of hydrogen-bond acceptors (Lipinski definition) is 4. The minimum absolute atomic E-state index is 0.0894. The minimum Gasteiger partial charge on any atom is -0.348 e. The Kier molecular flexibility index (Phi) is 3.89. The highest BCUT2D eigenvalue weighted by atomic mass is 32.1. The number of nitrogens with zero attached hydrogens (tertiary/aromatic N) is 2. The molecule has 0 aliphatic heterocycles. The highest BCUT2D eigenvalue weighted by Gasteiger charge is 2.13. The predicted octanol–water partition coefficient (Wildman–Crippen LogP) is 2.40. The Labute approximate surface area is 89.9 Å². The highest BCUT2D eigenvalue weighted by Crippen LogP contribution is 2.26. The van der Waals surface area contributed by atoms with Crippen molar-refractivity contribution in [3.8, 4) is 0 Å². The molecule has 0 aromatic carbocycles. The molecule has 0 saturated carbocycles. The van der Waals surface area contributed by atoms with Crippen molar-refractivity contribution in [3.05, 3.63) is 11.1 Å². The third kappa shape index (κ3) is 2.45. The normalized spacial score (nSPS) is 15.2. The zero-order valence-electron chi connectivity index (χ0n) is 9.32. The molecule has 0 bridgehead atoms. The summed E-state index contributed by atoms with van der Waals surface area (Å²) in [7, 11) is 2.08. The largest absolute Gasteiger partial charge is 0.348 e. The first-order valence-electron chi connectivity index (χ1n) is 5.00. The lowest BCUT2D eigenvalue weighted by molar-refractivity contribution is 0.662. The first-order chi connectivity index (χ1) is 6.56. The molecule has 3 nitrogen and oxygen atoms in total. The third-order valence-corrected chi connectivity index (χ3v) is 3.80. The number of aromatic nitrogens is 1. The van der Waals surface area contributed by atoms with Gasteiger partial charge in [0.25, 0.3) is 0 Å². The lowest BCUT2D eigenvalue weighted by Gasteiger charge is -2.22. The average molecular weight is 213 g/mol. The summed E-state index contributed by atoms with van der Waals surface area (Å²) >= 11 is 1.68. The summed E-state index contributed by atoms with van der Waals surface area (Å²) in [5.74, 6) is 0. The van der Waals surface area contributed by atoms with Crippen LogP contribution in [0.15, 0.2) is 6.20 Å². The Balaban J connectivity index is 2.76. The molecule has 1 aromatic rings. The fourth-order valence-electron chi connectivity index (χ4n) is 1.11. The van der Waals surface area contributed by atoms with Crippen molar-refractivity contribution in [2.45, 2.75) is 39.3 Å². The van der Waals surface area contributed by atoms with E-state index in [9.17, 15) is 0 Å². The van der Waals surface area contributed by atoms with E-state index in [2.05, 4.69) is 30.8 Å². The second-order valence-corrected chi connectivity index (χ2v) is 4.74. The molecule has 4 heteroatoms. The topological polar surface area (TPSA) is 42.2 Å². The number of nitrogens with two attached hydrogens (primary N) is 1. The van der Waals surface area contributed by atoms with Crippen molar-refractivity contribution in [1.29, 1.82) is 0 Å². The van der Waals surface area contributed by atoms with Gasteiger partial charge in [-0.05, 0) is 20.3 Å². The molecule has 2 atom stereocenters. The first kappa shape index (κ1) is 11.5. The van der Waals surface area contributed by atoms with E-state index in [1.807, 2.05) is 13.1 Å². The molecule has 0 aliphatic rings. The molecule has 0 amide bonds. The lowest BCUT2D eigenvalue weighted by Crippen LogP contribution is -2.27. The minimum atomic E-state index is 0.0894. The van der Waals surface area contributed by atoms with Crippen LogP contribution in [0.4, 0.5) is 5.13 Å². The summed E-state index contributed by atoms with van der Waals surface area (Å²) in [6, 6.07) is 0.619. The second-order valence-electron chi connectivity index (χ2n) is 3.70. The van der Waals surface area contributed by atoms with Gasteiger partial charge in [-0.2, -0.15) is 0 Å². The fourth-order valence-corrected chi connectivity index (χ4v) is 2.04. The zero-order chi connectivity index (χ0) is 10.7. The molecule has 0 aliphatic carbocycles. The van der Waals surface area contributed by atoms with Crippen LogP contribution in [-0.4, -0.2) is 18.1 Å². The van der Waals surface area contributed by atoms with Gasteiger partial charge in [0.05, 0.1) is 0 Å². The van der Waals surface area contributed by atoms with Crippen LogP contribution in [0.1, 0.15) is 38.1 Å². The second kappa shape index (κ2) is 4.75. The van der Waals surface area contributed by atoms with E-state index < -0.39 is 0 Å². The smallest absolute Gasteiger partial charge is 0.185 e. The average Bonchev–Trinajstić information content (AvgIpc) is 2.64. The Morgan fingerprint density at radius 2 is 2.21 bits per heavy atom. The maximum absolute atomic E-state index is 5.79. The summed E-state index contributed by atoms with van der Waals surface area (Å²) in [6.07, 6.45) is 3.01. The Bertz CT molecular complexity index is 283. The Morgan fingerprint density at radius 1 is 1.57 bits per heavy atom. The quantitative estimate of drug-likeness (QED) is 0.835. The molecule has 2 N–H and O–H groups in total. The Hall–Kier alpha value is -0.610. The van der Waals surface area contributed by atoms with Gasteiger partial charge >= 0.3 is 0 Å². The van der Waals surface area contributed by atoms with Crippen LogP contribution >= 0.6 is 11.3 Å². The number of anilines is 1. The van der Waals surface area contributed by atoms with Crippen LogP contribution in [0.5, 0.6) is 0 Å². The van der Waals surface area contributed by atoms with E-state index in [1.165, 1.54) is 0 Å². The van der Waals surface area contributed by atoms with Crippen molar-refractivity contribution in [2.24, 2.45) is 5.73 Å². The van der Waals surface area contributed by atoms with E-state index in [-0.39, 0.29) is 6.04 Å². The van der Waals surface area contributed by atoms with E-state index >= 15 is 0 Å². The standard InChI is InChI=1S/C10H19N3S/c1-5-7(2)13(4)10-12-6-9(14-10)8(3)11/h6-8H,5,11H2,1-4H3. The first-order valence-corrected chi connectivity index (χ1v) is 5.82. The van der Waals surface area contributed by atoms with Crippen molar-refractivity contribution in [1.82, 2.24) is 4.98 Å². The SMILES string of the molecule is CCC(C)N(C)c1ncc(C(C)N)s1. The Morgan fingerprint density at radius 3 is 2.64 bits per heavy atom. The molecular formula is C10H19N3S. The van der Waals surface area contributed by atoms with Crippen LogP contribution in [0.25, 0.3) is 0 Å². The zero-order valence-corrected chi connectivity index (χ0v) is 10.1. The van der Waals surface area contributed by atoms with E-state index in [0.717, 1.165) is 16.4 Å². The van der Waals surface area contributed by atoms with Crippen LogP contribution < -0.4 is 10.6 Å². The number of thiazole rings is 1. The van der Waals surface area contributed by atoms with Crippen LogP contribution in [0.3, 0.4) is 0 Å². The number of hydrogen-bond donors (Lipinski definition) is 1. The van der Waals surface area contributed by atoms with Gasteiger partial charge in [0.1, 0.15) is 0 Å². The molecule has 0 spiro atoms. The van der Waals surface area contributed by atoms with Crippen molar-refractivity contribution < 1.29 is 0 Å². The van der Waals surface area contributed by atoms with Gasteiger partial charge < -0.3 is 10.6 Å². The van der Waals surface area contributed by atoms with Gasteiger partial charge in [0.15, 0.2) is 5.13 Å². The maximum atomic E-state index is 5.79. The van der Waals surface area contributed by atoms with Gasteiger partial charge in [-0.3, -0.25) is 0 Å². The van der Waals surface area contributed by atoms with Gasteiger partial charge in [-0.15, -0.1) is 11.3 Å². The number of rotatable bonds is 4.